The average Bonchev–Trinajstić information content (AvgIpc) is 2.92. The summed E-state index contributed by atoms with van der Waals surface area (Å²) in [6.45, 7) is 0.228. The van der Waals surface area contributed by atoms with Crippen LogP contribution >= 0.6 is 11.6 Å². The number of rotatable bonds is 3. The van der Waals surface area contributed by atoms with Crippen LogP contribution in [0.25, 0.3) is 0 Å². The Bertz CT molecular complexity index is 678. The zero-order valence-electron chi connectivity index (χ0n) is 10.9. The van der Waals surface area contributed by atoms with Gasteiger partial charge in [0.1, 0.15) is 12.4 Å². The summed E-state index contributed by atoms with van der Waals surface area (Å²) >= 11 is 5.84. The number of nitrogens with zero attached hydrogens (tertiary/aromatic N) is 4. The molecule has 1 aromatic heterocycles. The van der Waals surface area contributed by atoms with E-state index in [1.165, 1.54) is 17.5 Å². The second-order valence-electron chi connectivity index (χ2n) is 4.73. The maximum Gasteiger partial charge on any atom is 0.224 e. The van der Waals surface area contributed by atoms with Crippen LogP contribution in [0.2, 0.25) is 5.28 Å². The minimum Gasteiger partial charge on any atom is -0.312 e. The lowest BCUT2D eigenvalue weighted by atomic mass is 10.1. The average molecular weight is 285 g/mol. The number of nitriles is 1. The molecule has 1 aliphatic rings. The molecular formula is C15H13ClN4. The Morgan fingerprint density at radius 2 is 2.10 bits per heavy atom. The van der Waals surface area contributed by atoms with Gasteiger partial charge in [-0.15, -0.1) is 0 Å². The van der Waals surface area contributed by atoms with Gasteiger partial charge in [-0.25, -0.2) is 9.97 Å². The predicted molar refractivity (Wildman–Crippen MR) is 78.1 cm³/mol. The van der Waals surface area contributed by atoms with Crippen molar-refractivity contribution in [3.63, 3.8) is 0 Å². The van der Waals surface area contributed by atoms with Crippen molar-refractivity contribution in [1.82, 2.24) is 9.97 Å². The highest BCUT2D eigenvalue weighted by Gasteiger charge is 2.16. The number of hydrogen-bond acceptors (Lipinski definition) is 4. The molecule has 0 fully saturated rings. The fourth-order valence-corrected chi connectivity index (χ4v) is 2.72. The van der Waals surface area contributed by atoms with Crippen LogP contribution in [-0.4, -0.2) is 16.5 Å². The molecule has 1 aliphatic carbocycles. The number of aryl methyl sites for hydroxylation is 2. The third-order valence-corrected chi connectivity index (χ3v) is 3.69. The number of benzene rings is 1. The van der Waals surface area contributed by atoms with E-state index in [1.807, 2.05) is 11.0 Å². The first-order valence-corrected chi connectivity index (χ1v) is 6.90. The first-order valence-electron chi connectivity index (χ1n) is 6.53. The molecule has 100 valence electrons. The van der Waals surface area contributed by atoms with Crippen LogP contribution < -0.4 is 4.90 Å². The smallest absolute Gasteiger partial charge is 0.224 e. The number of hydrogen-bond donors (Lipinski definition) is 0. The molecule has 0 spiro atoms. The van der Waals surface area contributed by atoms with Crippen molar-refractivity contribution in [1.29, 1.82) is 5.26 Å². The van der Waals surface area contributed by atoms with E-state index in [2.05, 4.69) is 28.2 Å². The van der Waals surface area contributed by atoms with E-state index in [9.17, 15) is 0 Å². The summed E-state index contributed by atoms with van der Waals surface area (Å²) < 4.78 is 0. The van der Waals surface area contributed by atoms with Gasteiger partial charge < -0.3 is 4.90 Å². The van der Waals surface area contributed by atoms with Crippen molar-refractivity contribution in [2.75, 3.05) is 11.4 Å². The molecule has 1 aromatic carbocycles. The molecule has 2 aromatic rings. The van der Waals surface area contributed by atoms with Gasteiger partial charge in [0.05, 0.1) is 6.07 Å². The minimum atomic E-state index is 0.187. The Morgan fingerprint density at radius 3 is 2.90 bits per heavy atom. The normalized spacial score (nSPS) is 12.8. The quantitative estimate of drug-likeness (QED) is 0.641. The molecule has 0 aliphatic heterocycles. The van der Waals surface area contributed by atoms with Crippen molar-refractivity contribution in [3.05, 3.63) is 46.9 Å². The van der Waals surface area contributed by atoms with E-state index in [4.69, 9.17) is 16.9 Å². The summed E-state index contributed by atoms with van der Waals surface area (Å²) in [6, 6.07) is 10.3. The topological polar surface area (TPSA) is 52.8 Å². The largest absolute Gasteiger partial charge is 0.312 e. The van der Waals surface area contributed by atoms with Crippen LogP contribution in [0.1, 0.15) is 17.5 Å². The van der Waals surface area contributed by atoms with Crippen LogP contribution in [-0.2, 0) is 12.8 Å². The van der Waals surface area contributed by atoms with Gasteiger partial charge in [0.2, 0.25) is 5.28 Å². The first kappa shape index (κ1) is 12.9. The number of anilines is 2. The lowest BCUT2D eigenvalue weighted by Gasteiger charge is -2.21. The van der Waals surface area contributed by atoms with Crippen LogP contribution in [0.3, 0.4) is 0 Å². The highest BCUT2D eigenvalue weighted by Crippen LogP contribution is 2.30. The Hall–Kier alpha value is -2.12. The van der Waals surface area contributed by atoms with Crippen molar-refractivity contribution >= 4 is 23.1 Å². The van der Waals surface area contributed by atoms with Crippen molar-refractivity contribution in [2.24, 2.45) is 0 Å². The Kier molecular flexibility index (Phi) is 3.53. The van der Waals surface area contributed by atoms with Crippen LogP contribution in [0.5, 0.6) is 0 Å². The Labute approximate surface area is 122 Å². The highest BCUT2D eigenvalue weighted by molar-refractivity contribution is 6.28. The molecule has 0 saturated heterocycles. The fraction of sp³-hybridized carbons (Fsp3) is 0.267. The van der Waals surface area contributed by atoms with Crippen molar-refractivity contribution in [2.45, 2.75) is 19.3 Å². The third kappa shape index (κ3) is 2.45. The minimum absolute atomic E-state index is 0.187. The summed E-state index contributed by atoms with van der Waals surface area (Å²) in [5.74, 6) is 0.643. The van der Waals surface area contributed by atoms with Gasteiger partial charge in [-0.1, -0.05) is 6.07 Å². The lowest BCUT2D eigenvalue weighted by molar-refractivity contribution is 0.911. The first-order chi connectivity index (χ1) is 9.78. The van der Waals surface area contributed by atoms with E-state index >= 15 is 0 Å². The molecule has 0 radical (unpaired) electrons. The number of halogens is 1. The predicted octanol–water partition coefficient (Wildman–Crippen LogP) is 3.28. The molecule has 0 bridgehead atoms. The summed E-state index contributed by atoms with van der Waals surface area (Å²) in [5.41, 5.74) is 3.75. The van der Waals surface area contributed by atoms with E-state index in [-0.39, 0.29) is 11.8 Å². The third-order valence-electron chi connectivity index (χ3n) is 3.51. The molecule has 5 heteroatoms. The molecule has 4 nitrogen and oxygen atoms in total. The molecule has 0 atom stereocenters. The number of aromatic nitrogens is 2. The standard InChI is InChI=1S/C15H13ClN4/c16-15-18-8-6-14(19-15)20(9-7-17)13-5-4-11-2-1-3-12(11)10-13/h4-6,8,10H,1-3,9H2. The summed E-state index contributed by atoms with van der Waals surface area (Å²) in [7, 11) is 0. The van der Waals surface area contributed by atoms with Gasteiger partial charge in [0.15, 0.2) is 0 Å². The van der Waals surface area contributed by atoms with Gasteiger partial charge >= 0.3 is 0 Å². The number of fused-ring (bicyclic) bond motifs is 1. The molecular weight excluding hydrogens is 272 g/mol. The molecule has 0 amide bonds. The lowest BCUT2D eigenvalue weighted by Crippen LogP contribution is -2.18. The molecule has 3 rings (SSSR count). The highest BCUT2D eigenvalue weighted by atomic mass is 35.5. The monoisotopic (exact) mass is 284 g/mol. The van der Waals surface area contributed by atoms with E-state index in [0.717, 1.165) is 18.5 Å². The SMILES string of the molecule is N#CCN(c1ccc2c(c1)CCC2)c1ccnc(Cl)n1. The maximum atomic E-state index is 9.05. The van der Waals surface area contributed by atoms with Gasteiger partial charge in [0.25, 0.3) is 0 Å². The van der Waals surface area contributed by atoms with Crippen LogP contribution in [0, 0.1) is 11.3 Å². The zero-order chi connectivity index (χ0) is 13.9. The summed E-state index contributed by atoms with van der Waals surface area (Å²) in [6.07, 6.45) is 5.06. The van der Waals surface area contributed by atoms with Crippen molar-refractivity contribution in [3.8, 4) is 6.07 Å². The van der Waals surface area contributed by atoms with Gasteiger partial charge in [-0.2, -0.15) is 5.26 Å². The summed E-state index contributed by atoms with van der Waals surface area (Å²) in [5, 5.41) is 9.24. The maximum absolute atomic E-state index is 9.05. The van der Waals surface area contributed by atoms with E-state index < -0.39 is 0 Å². The second-order valence-corrected chi connectivity index (χ2v) is 5.07. The van der Waals surface area contributed by atoms with E-state index in [1.54, 1.807) is 12.3 Å². The molecule has 0 unspecified atom stereocenters. The van der Waals surface area contributed by atoms with Gasteiger partial charge in [0, 0.05) is 11.9 Å². The Balaban J connectivity index is 2.01. The fourth-order valence-electron chi connectivity index (χ4n) is 2.58. The molecule has 20 heavy (non-hydrogen) atoms. The second kappa shape index (κ2) is 5.48. The van der Waals surface area contributed by atoms with Gasteiger partial charge in [-0.05, 0) is 60.2 Å². The molecule has 1 heterocycles. The molecule has 0 saturated carbocycles. The van der Waals surface area contributed by atoms with E-state index in [0.29, 0.717) is 5.82 Å². The molecule has 0 N–H and O–H groups in total. The van der Waals surface area contributed by atoms with Crippen molar-refractivity contribution < 1.29 is 0 Å². The zero-order valence-corrected chi connectivity index (χ0v) is 11.6. The summed E-state index contributed by atoms with van der Waals surface area (Å²) in [4.78, 5) is 9.92. The van der Waals surface area contributed by atoms with Crippen LogP contribution in [0.4, 0.5) is 11.5 Å². The van der Waals surface area contributed by atoms with Crippen LogP contribution in [0.15, 0.2) is 30.5 Å². The Morgan fingerprint density at radius 1 is 1.25 bits per heavy atom. The van der Waals surface area contributed by atoms with Gasteiger partial charge in [-0.3, -0.25) is 0 Å².